The molecule has 0 bridgehead atoms. The summed E-state index contributed by atoms with van der Waals surface area (Å²) in [5, 5.41) is 0. The van der Waals surface area contributed by atoms with Crippen LogP contribution in [0.1, 0.15) is 27.0 Å². The zero-order chi connectivity index (χ0) is 15.4. The van der Waals surface area contributed by atoms with Gasteiger partial charge in [-0.2, -0.15) is 0 Å². The number of rotatable bonds is 4. The highest BCUT2D eigenvalue weighted by atomic mass is 19.1. The van der Waals surface area contributed by atoms with Gasteiger partial charge in [0, 0.05) is 25.7 Å². The summed E-state index contributed by atoms with van der Waals surface area (Å²) < 4.78 is 13.3. The molecule has 0 saturated carbocycles. The largest absolute Gasteiger partial charge is 0.337 e. The first-order valence-corrected chi connectivity index (χ1v) is 6.81. The summed E-state index contributed by atoms with van der Waals surface area (Å²) in [5.74, 6) is -0.437. The summed E-state index contributed by atoms with van der Waals surface area (Å²) in [6.07, 6.45) is 0. The van der Waals surface area contributed by atoms with Crippen LogP contribution < -0.4 is 5.73 Å². The van der Waals surface area contributed by atoms with Crippen LogP contribution in [0.4, 0.5) is 4.39 Å². The van der Waals surface area contributed by atoms with Crippen LogP contribution >= 0.6 is 0 Å². The van der Waals surface area contributed by atoms with Gasteiger partial charge in [0.25, 0.3) is 5.91 Å². The molecule has 0 saturated heterocycles. The molecule has 2 rings (SSSR count). The Kier molecular flexibility index (Phi) is 4.70. The Hall–Kier alpha value is -2.20. The van der Waals surface area contributed by atoms with Crippen LogP contribution in [-0.2, 0) is 13.1 Å². The first-order chi connectivity index (χ1) is 10.0. The minimum absolute atomic E-state index is 0.134. The minimum Gasteiger partial charge on any atom is -0.337 e. The van der Waals surface area contributed by atoms with E-state index in [2.05, 4.69) is 0 Å². The SMILES string of the molecule is Cc1cc(C(=O)N(C)Cc2ccccc2CN)ccc1F. The maximum Gasteiger partial charge on any atom is 0.253 e. The number of nitrogens with zero attached hydrogens (tertiary/aromatic N) is 1. The predicted octanol–water partition coefficient (Wildman–Crippen LogP) is 2.87. The quantitative estimate of drug-likeness (QED) is 0.939. The number of benzene rings is 2. The van der Waals surface area contributed by atoms with E-state index in [1.807, 2.05) is 24.3 Å². The topological polar surface area (TPSA) is 46.3 Å². The summed E-state index contributed by atoms with van der Waals surface area (Å²) in [4.78, 5) is 14.0. The second kappa shape index (κ2) is 6.50. The van der Waals surface area contributed by atoms with Crippen LogP contribution in [0.15, 0.2) is 42.5 Å². The van der Waals surface area contributed by atoms with Gasteiger partial charge in [0.05, 0.1) is 0 Å². The molecule has 3 nitrogen and oxygen atoms in total. The molecule has 0 radical (unpaired) electrons. The van der Waals surface area contributed by atoms with Gasteiger partial charge >= 0.3 is 0 Å². The molecule has 110 valence electrons. The monoisotopic (exact) mass is 286 g/mol. The Morgan fingerprint density at radius 3 is 2.48 bits per heavy atom. The molecule has 0 atom stereocenters. The van der Waals surface area contributed by atoms with E-state index in [1.165, 1.54) is 12.1 Å². The zero-order valence-electron chi connectivity index (χ0n) is 12.3. The predicted molar refractivity (Wildman–Crippen MR) is 81.3 cm³/mol. The van der Waals surface area contributed by atoms with Gasteiger partial charge in [-0.05, 0) is 41.8 Å². The van der Waals surface area contributed by atoms with E-state index in [1.54, 1.807) is 24.9 Å². The number of carbonyl (C=O) groups excluding carboxylic acids is 1. The van der Waals surface area contributed by atoms with Crippen molar-refractivity contribution in [2.45, 2.75) is 20.0 Å². The fourth-order valence-electron chi connectivity index (χ4n) is 2.24. The Bertz CT molecular complexity index is 655. The molecule has 0 heterocycles. The molecule has 21 heavy (non-hydrogen) atoms. The normalized spacial score (nSPS) is 10.5. The van der Waals surface area contributed by atoms with E-state index in [4.69, 9.17) is 5.73 Å². The van der Waals surface area contributed by atoms with Crippen molar-refractivity contribution in [3.63, 3.8) is 0 Å². The first-order valence-electron chi connectivity index (χ1n) is 6.81. The van der Waals surface area contributed by atoms with Crippen LogP contribution in [-0.4, -0.2) is 17.9 Å². The van der Waals surface area contributed by atoms with Crippen molar-refractivity contribution in [2.24, 2.45) is 5.73 Å². The standard InChI is InChI=1S/C17H19FN2O/c1-12-9-13(7-8-16(12)18)17(21)20(2)11-15-6-4-3-5-14(15)10-19/h3-9H,10-11,19H2,1-2H3. The molecule has 4 heteroatoms. The Labute approximate surface area is 124 Å². The lowest BCUT2D eigenvalue weighted by molar-refractivity contribution is 0.0784. The van der Waals surface area contributed by atoms with Crippen molar-refractivity contribution >= 4 is 5.91 Å². The van der Waals surface area contributed by atoms with E-state index in [9.17, 15) is 9.18 Å². The summed E-state index contributed by atoms with van der Waals surface area (Å²) >= 11 is 0. The number of carbonyl (C=O) groups is 1. The fraction of sp³-hybridized carbons (Fsp3) is 0.235. The van der Waals surface area contributed by atoms with Crippen LogP contribution in [0, 0.1) is 12.7 Å². The van der Waals surface area contributed by atoms with E-state index in [-0.39, 0.29) is 11.7 Å². The van der Waals surface area contributed by atoms with Crippen molar-refractivity contribution in [3.05, 3.63) is 70.5 Å². The molecule has 0 aromatic heterocycles. The number of halogens is 1. The molecule has 2 aromatic carbocycles. The lowest BCUT2D eigenvalue weighted by atomic mass is 10.1. The molecule has 0 aliphatic carbocycles. The second-order valence-corrected chi connectivity index (χ2v) is 5.10. The zero-order valence-corrected chi connectivity index (χ0v) is 12.3. The Morgan fingerprint density at radius 2 is 1.86 bits per heavy atom. The van der Waals surface area contributed by atoms with Gasteiger partial charge < -0.3 is 10.6 Å². The Balaban J connectivity index is 2.17. The van der Waals surface area contributed by atoms with Crippen LogP contribution in [0.2, 0.25) is 0 Å². The summed E-state index contributed by atoms with van der Waals surface area (Å²) in [6, 6.07) is 12.2. The van der Waals surface area contributed by atoms with Crippen molar-refractivity contribution in [1.82, 2.24) is 4.90 Å². The molecule has 0 unspecified atom stereocenters. The maximum atomic E-state index is 13.3. The van der Waals surface area contributed by atoms with Crippen LogP contribution in [0.5, 0.6) is 0 Å². The lowest BCUT2D eigenvalue weighted by Crippen LogP contribution is -2.27. The summed E-state index contributed by atoms with van der Waals surface area (Å²) in [6.45, 7) is 2.56. The van der Waals surface area contributed by atoms with Gasteiger partial charge in [-0.1, -0.05) is 24.3 Å². The van der Waals surface area contributed by atoms with Gasteiger partial charge in [0.15, 0.2) is 0 Å². The minimum atomic E-state index is -0.303. The Morgan fingerprint density at radius 1 is 1.19 bits per heavy atom. The third kappa shape index (κ3) is 3.47. The molecule has 2 aromatic rings. The van der Waals surface area contributed by atoms with Gasteiger partial charge in [-0.25, -0.2) is 4.39 Å². The van der Waals surface area contributed by atoms with Crippen molar-refractivity contribution in [1.29, 1.82) is 0 Å². The van der Waals surface area contributed by atoms with E-state index >= 15 is 0 Å². The average Bonchev–Trinajstić information content (AvgIpc) is 2.49. The highest BCUT2D eigenvalue weighted by Gasteiger charge is 2.14. The van der Waals surface area contributed by atoms with Gasteiger partial charge in [-0.15, -0.1) is 0 Å². The van der Waals surface area contributed by atoms with Crippen LogP contribution in [0.25, 0.3) is 0 Å². The van der Waals surface area contributed by atoms with Crippen molar-refractivity contribution < 1.29 is 9.18 Å². The molecular formula is C17H19FN2O. The maximum absolute atomic E-state index is 13.3. The molecule has 0 spiro atoms. The van der Waals surface area contributed by atoms with Crippen LogP contribution in [0.3, 0.4) is 0 Å². The average molecular weight is 286 g/mol. The second-order valence-electron chi connectivity index (χ2n) is 5.10. The highest BCUT2D eigenvalue weighted by Crippen LogP contribution is 2.14. The lowest BCUT2D eigenvalue weighted by Gasteiger charge is -2.19. The van der Waals surface area contributed by atoms with Gasteiger partial charge in [0.2, 0.25) is 0 Å². The molecular weight excluding hydrogens is 267 g/mol. The van der Waals surface area contributed by atoms with Crippen molar-refractivity contribution in [3.8, 4) is 0 Å². The molecule has 0 aliphatic heterocycles. The highest BCUT2D eigenvalue weighted by molar-refractivity contribution is 5.94. The summed E-state index contributed by atoms with van der Waals surface area (Å²) in [7, 11) is 1.73. The molecule has 0 aliphatic rings. The molecule has 1 amide bonds. The third-order valence-electron chi connectivity index (χ3n) is 3.50. The van der Waals surface area contributed by atoms with Gasteiger partial charge in [0.1, 0.15) is 5.82 Å². The smallest absolute Gasteiger partial charge is 0.253 e. The molecule has 2 N–H and O–H groups in total. The fourth-order valence-corrected chi connectivity index (χ4v) is 2.24. The number of amides is 1. The van der Waals surface area contributed by atoms with E-state index < -0.39 is 0 Å². The first kappa shape index (κ1) is 15.2. The number of aryl methyl sites for hydroxylation is 1. The van der Waals surface area contributed by atoms with Crippen molar-refractivity contribution in [2.75, 3.05) is 7.05 Å². The number of nitrogens with two attached hydrogens (primary N) is 1. The third-order valence-corrected chi connectivity index (χ3v) is 3.50. The molecule has 0 fully saturated rings. The number of hydrogen-bond acceptors (Lipinski definition) is 2. The van der Waals surface area contributed by atoms with E-state index in [0.29, 0.717) is 24.2 Å². The van der Waals surface area contributed by atoms with E-state index in [0.717, 1.165) is 11.1 Å². The number of hydrogen-bond donors (Lipinski definition) is 1. The summed E-state index contributed by atoms with van der Waals surface area (Å²) in [5.41, 5.74) is 8.71. The van der Waals surface area contributed by atoms with Gasteiger partial charge in [-0.3, -0.25) is 4.79 Å².